The maximum atomic E-state index is 13.3. The molecule has 0 bridgehead atoms. The van der Waals surface area contributed by atoms with E-state index in [0.29, 0.717) is 13.1 Å². The molecule has 0 saturated carbocycles. The highest BCUT2D eigenvalue weighted by molar-refractivity contribution is 6.10. The Morgan fingerprint density at radius 3 is 2.00 bits per heavy atom. The lowest BCUT2D eigenvalue weighted by Gasteiger charge is -2.28. The van der Waals surface area contributed by atoms with Gasteiger partial charge >= 0.3 is 0 Å². The third-order valence-electron chi connectivity index (χ3n) is 4.39. The van der Waals surface area contributed by atoms with E-state index in [4.69, 9.17) is 11.1 Å². The minimum Gasteiger partial charge on any atom is -0.334 e. The molecule has 2 aromatic carbocycles. The van der Waals surface area contributed by atoms with Crippen molar-refractivity contribution < 1.29 is 4.79 Å². The monoisotopic (exact) mass is 322 g/mol. The van der Waals surface area contributed by atoms with Gasteiger partial charge in [-0.1, -0.05) is 60.7 Å². The summed E-state index contributed by atoms with van der Waals surface area (Å²) < 4.78 is 0. The number of nitrogens with zero attached hydrogens (tertiary/aromatic N) is 1. The van der Waals surface area contributed by atoms with Crippen LogP contribution in [0.25, 0.3) is 0 Å². The smallest absolute Gasteiger partial charge is 0.264 e. The second-order valence-corrected chi connectivity index (χ2v) is 5.91. The van der Waals surface area contributed by atoms with Crippen molar-refractivity contribution in [3.63, 3.8) is 0 Å². The standard InChI is InChI=1S/C19H22N4O/c20-13-7-8-14-23-17(24)19(22-18(23)21,15-9-3-1-4-10-15)16-11-5-2-6-12-16/h1-6,9-12H,7-8,13-14,20H2,(H2,21,22). The fourth-order valence-electron chi connectivity index (χ4n) is 3.16. The lowest BCUT2D eigenvalue weighted by Crippen LogP contribution is -2.45. The fourth-order valence-corrected chi connectivity index (χ4v) is 3.16. The van der Waals surface area contributed by atoms with Crippen molar-refractivity contribution >= 4 is 11.9 Å². The van der Waals surface area contributed by atoms with Gasteiger partial charge in [0.15, 0.2) is 11.5 Å². The Morgan fingerprint density at radius 2 is 1.50 bits per heavy atom. The van der Waals surface area contributed by atoms with Gasteiger partial charge in [-0.3, -0.25) is 15.1 Å². The highest BCUT2D eigenvalue weighted by Crippen LogP contribution is 2.35. The van der Waals surface area contributed by atoms with Gasteiger partial charge in [0.25, 0.3) is 5.91 Å². The Labute approximate surface area is 142 Å². The summed E-state index contributed by atoms with van der Waals surface area (Å²) in [5.74, 6) is 0.0339. The third-order valence-corrected chi connectivity index (χ3v) is 4.39. The summed E-state index contributed by atoms with van der Waals surface area (Å²) in [5.41, 5.74) is 6.19. The molecule has 5 nitrogen and oxygen atoms in total. The van der Waals surface area contributed by atoms with Crippen molar-refractivity contribution in [2.45, 2.75) is 18.4 Å². The number of nitrogens with one attached hydrogen (secondary N) is 2. The van der Waals surface area contributed by atoms with E-state index in [9.17, 15) is 4.79 Å². The summed E-state index contributed by atoms with van der Waals surface area (Å²) in [6.45, 7) is 1.09. The van der Waals surface area contributed by atoms with Crippen molar-refractivity contribution in [2.75, 3.05) is 13.1 Å². The Hall–Kier alpha value is -2.66. The Balaban J connectivity index is 2.04. The molecule has 1 aliphatic rings. The van der Waals surface area contributed by atoms with Crippen molar-refractivity contribution in [3.05, 3.63) is 71.8 Å². The molecule has 124 valence electrons. The molecule has 0 unspecified atom stereocenters. The maximum Gasteiger partial charge on any atom is 0.264 e. The van der Waals surface area contributed by atoms with Gasteiger partial charge in [-0.15, -0.1) is 0 Å². The SMILES string of the molecule is N=C1NC(c2ccccc2)(c2ccccc2)C(=O)N1CCCCN. The summed E-state index contributed by atoms with van der Waals surface area (Å²) in [6, 6.07) is 19.2. The summed E-state index contributed by atoms with van der Waals surface area (Å²) in [6.07, 6.45) is 1.62. The Bertz CT molecular complexity index is 675. The predicted octanol–water partition coefficient (Wildman–Crippen LogP) is 2.04. The molecule has 5 heteroatoms. The molecule has 2 aromatic rings. The molecule has 0 aliphatic carbocycles. The van der Waals surface area contributed by atoms with E-state index < -0.39 is 5.54 Å². The minimum atomic E-state index is -1.04. The van der Waals surface area contributed by atoms with Gasteiger partial charge in [0, 0.05) is 6.54 Å². The van der Waals surface area contributed by atoms with Gasteiger partial charge in [0.1, 0.15) is 0 Å². The number of rotatable bonds is 6. The van der Waals surface area contributed by atoms with Gasteiger partial charge in [-0.2, -0.15) is 0 Å². The van der Waals surface area contributed by atoms with Crippen molar-refractivity contribution in [1.29, 1.82) is 5.41 Å². The van der Waals surface area contributed by atoms with Crippen LogP contribution >= 0.6 is 0 Å². The number of amides is 1. The van der Waals surface area contributed by atoms with Crippen LogP contribution in [0.1, 0.15) is 24.0 Å². The predicted molar refractivity (Wildman–Crippen MR) is 94.5 cm³/mol. The first-order valence-corrected chi connectivity index (χ1v) is 8.20. The zero-order chi connectivity index (χ0) is 17.0. The first kappa shape index (κ1) is 16.2. The van der Waals surface area contributed by atoms with Crippen LogP contribution in [0.15, 0.2) is 60.7 Å². The van der Waals surface area contributed by atoms with Gasteiger partial charge < -0.3 is 11.1 Å². The largest absolute Gasteiger partial charge is 0.334 e. The molecule has 4 N–H and O–H groups in total. The highest BCUT2D eigenvalue weighted by Gasteiger charge is 2.51. The van der Waals surface area contributed by atoms with Crippen LogP contribution < -0.4 is 11.1 Å². The van der Waals surface area contributed by atoms with Gasteiger partial charge in [0.2, 0.25) is 0 Å². The van der Waals surface area contributed by atoms with E-state index in [1.54, 1.807) is 0 Å². The van der Waals surface area contributed by atoms with Crippen molar-refractivity contribution in [2.24, 2.45) is 5.73 Å². The van der Waals surface area contributed by atoms with Crippen LogP contribution in [0.3, 0.4) is 0 Å². The summed E-state index contributed by atoms with van der Waals surface area (Å²) in [7, 11) is 0. The van der Waals surface area contributed by atoms with Crippen LogP contribution in [0.4, 0.5) is 0 Å². The van der Waals surface area contributed by atoms with Crippen LogP contribution in [-0.2, 0) is 10.3 Å². The number of hydrogen-bond acceptors (Lipinski definition) is 3. The summed E-state index contributed by atoms with van der Waals surface area (Å²) in [5, 5.41) is 11.4. The van der Waals surface area contributed by atoms with E-state index in [1.807, 2.05) is 60.7 Å². The molecule has 1 heterocycles. The number of benzene rings is 2. The van der Waals surface area contributed by atoms with Crippen LogP contribution in [0, 0.1) is 5.41 Å². The summed E-state index contributed by atoms with van der Waals surface area (Å²) in [4.78, 5) is 14.8. The molecule has 1 amide bonds. The molecule has 1 fully saturated rings. The topological polar surface area (TPSA) is 82.2 Å². The molecule has 3 rings (SSSR count). The highest BCUT2D eigenvalue weighted by atomic mass is 16.2. The summed E-state index contributed by atoms with van der Waals surface area (Å²) >= 11 is 0. The molecule has 0 atom stereocenters. The number of carbonyl (C=O) groups is 1. The quantitative estimate of drug-likeness (QED) is 0.712. The molecule has 24 heavy (non-hydrogen) atoms. The lowest BCUT2D eigenvalue weighted by atomic mass is 9.82. The zero-order valence-electron chi connectivity index (χ0n) is 13.5. The van der Waals surface area contributed by atoms with Crippen LogP contribution in [-0.4, -0.2) is 29.9 Å². The Morgan fingerprint density at radius 1 is 0.958 bits per heavy atom. The second kappa shape index (κ2) is 6.84. The minimum absolute atomic E-state index is 0.109. The molecular weight excluding hydrogens is 300 g/mol. The normalized spacial score (nSPS) is 16.3. The maximum absolute atomic E-state index is 13.3. The Kier molecular flexibility index (Phi) is 4.62. The van der Waals surface area contributed by atoms with Crippen LogP contribution in [0.5, 0.6) is 0 Å². The third kappa shape index (κ3) is 2.67. The number of guanidine groups is 1. The van der Waals surface area contributed by atoms with Crippen molar-refractivity contribution in [1.82, 2.24) is 10.2 Å². The number of hydrogen-bond donors (Lipinski definition) is 3. The molecule has 1 saturated heterocycles. The zero-order valence-corrected chi connectivity index (χ0v) is 13.5. The van der Waals surface area contributed by atoms with Gasteiger partial charge in [0.05, 0.1) is 0 Å². The van der Waals surface area contributed by atoms with Crippen LogP contribution in [0.2, 0.25) is 0 Å². The lowest BCUT2D eigenvalue weighted by molar-refractivity contribution is -0.130. The number of nitrogens with two attached hydrogens (primary N) is 1. The second-order valence-electron chi connectivity index (χ2n) is 5.91. The van der Waals surface area contributed by atoms with Gasteiger partial charge in [-0.05, 0) is 30.5 Å². The molecular formula is C19H22N4O. The molecule has 0 spiro atoms. The van der Waals surface area contributed by atoms with E-state index in [-0.39, 0.29) is 11.9 Å². The average molecular weight is 322 g/mol. The first-order chi connectivity index (χ1) is 11.7. The first-order valence-electron chi connectivity index (χ1n) is 8.20. The number of carbonyl (C=O) groups excluding carboxylic acids is 1. The molecule has 0 aromatic heterocycles. The van der Waals surface area contributed by atoms with E-state index >= 15 is 0 Å². The van der Waals surface area contributed by atoms with Crippen molar-refractivity contribution in [3.8, 4) is 0 Å². The number of unbranched alkanes of at least 4 members (excludes halogenated alkanes) is 1. The van der Waals surface area contributed by atoms with E-state index in [2.05, 4.69) is 5.32 Å². The molecule has 1 aliphatic heterocycles. The van der Waals surface area contributed by atoms with Gasteiger partial charge in [-0.25, -0.2) is 0 Å². The fraction of sp³-hybridized carbons (Fsp3) is 0.263. The van der Waals surface area contributed by atoms with E-state index in [1.165, 1.54) is 4.90 Å². The van der Waals surface area contributed by atoms with E-state index in [0.717, 1.165) is 24.0 Å². The average Bonchev–Trinajstić information content (AvgIpc) is 2.89. The molecule has 0 radical (unpaired) electrons.